The third-order valence-corrected chi connectivity index (χ3v) is 4.44. The molecular formula is C20H24ClN3O3. The molecule has 0 spiro atoms. The highest BCUT2D eigenvalue weighted by Gasteiger charge is 2.12. The van der Waals surface area contributed by atoms with E-state index in [0.717, 1.165) is 16.9 Å². The second kappa shape index (κ2) is 9.94. The molecule has 27 heavy (non-hydrogen) atoms. The van der Waals surface area contributed by atoms with E-state index in [1.165, 1.54) is 0 Å². The average molecular weight is 390 g/mol. The SMILES string of the molecule is COc1ccccc1CN(C)CC(=O)NCC(=O)Nc1cccc(Cl)c1C. The molecule has 6 nitrogen and oxygen atoms in total. The van der Waals surface area contributed by atoms with Gasteiger partial charge in [0.25, 0.3) is 0 Å². The lowest BCUT2D eigenvalue weighted by molar-refractivity contribution is -0.124. The lowest BCUT2D eigenvalue weighted by atomic mass is 10.2. The number of hydrogen-bond acceptors (Lipinski definition) is 4. The van der Waals surface area contributed by atoms with E-state index in [4.69, 9.17) is 16.3 Å². The van der Waals surface area contributed by atoms with Crippen LogP contribution >= 0.6 is 11.6 Å². The lowest BCUT2D eigenvalue weighted by Crippen LogP contribution is -2.39. The molecule has 144 valence electrons. The first-order valence-corrected chi connectivity index (χ1v) is 8.90. The molecule has 0 saturated heterocycles. The molecule has 2 rings (SSSR count). The molecule has 0 aromatic heterocycles. The Hall–Kier alpha value is -2.57. The van der Waals surface area contributed by atoms with Gasteiger partial charge in [-0.2, -0.15) is 0 Å². The quantitative estimate of drug-likeness (QED) is 0.728. The Bertz CT molecular complexity index is 811. The average Bonchev–Trinajstić information content (AvgIpc) is 2.64. The Labute approximate surface area is 164 Å². The minimum absolute atomic E-state index is 0.104. The van der Waals surface area contributed by atoms with Gasteiger partial charge in [-0.05, 0) is 37.7 Å². The third-order valence-electron chi connectivity index (χ3n) is 4.03. The minimum atomic E-state index is -0.305. The van der Waals surface area contributed by atoms with Crippen molar-refractivity contribution >= 4 is 29.1 Å². The molecule has 0 unspecified atom stereocenters. The molecule has 2 N–H and O–H groups in total. The number of anilines is 1. The first-order chi connectivity index (χ1) is 12.9. The van der Waals surface area contributed by atoms with Gasteiger partial charge in [-0.15, -0.1) is 0 Å². The summed E-state index contributed by atoms with van der Waals surface area (Å²) in [5.41, 5.74) is 2.41. The van der Waals surface area contributed by atoms with Crippen molar-refractivity contribution in [3.05, 3.63) is 58.6 Å². The molecule has 0 aliphatic rings. The van der Waals surface area contributed by atoms with Crippen molar-refractivity contribution in [3.8, 4) is 5.75 Å². The molecule has 0 heterocycles. The summed E-state index contributed by atoms with van der Waals surface area (Å²) >= 11 is 6.03. The van der Waals surface area contributed by atoms with Crippen LogP contribution in [0, 0.1) is 6.92 Å². The normalized spacial score (nSPS) is 10.6. The molecule has 0 bridgehead atoms. The van der Waals surface area contributed by atoms with Gasteiger partial charge in [0, 0.05) is 22.8 Å². The zero-order valence-electron chi connectivity index (χ0n) is 15.7. The molecule has 7 heteroatoms. The van der Waals surface area contributed by atoms with Crippen LogP contribution in [0.3, 0.4) is 0 Å². The van der Waals surface area contributed by atoms with Crippen molar-refractivity contribution in [2.75, 3.05) is 32.6 Å². The van der Waals surface area contributed by atoms with Crippen molar-refractivity contribution in [1.29, 1.82) is 0 Å². The summed E-state index contributed by atoms with van der Waals surface area (Å²) in [6.07, 6.45) is 0. The molecule has 0 atom stereocenters. The number of carbonyl (C=O) groups excluding carboxylic acids is 2. The summed E-state index contributed by atoms with van der Waals surface area (Å²) in [5.74, 6) is 0.243. The first-order valence-electron chi connectivity index (χ1n) is 8.52. The van der Waals surface area contributed by atoms with Crippen molar-refractivity contribution in [2.24, 2.45) is 0 Å². The van der Waals surface area contributed by atoms with Crippen LogP contribution in [0.15, 0.2) is 42.5 Å². The van der Waals surface area contributed by atoms with E-state index < -0.39 is 0 Å². The number of para-hydroxylation sites is 1. The van der Waals surface area contributed by atoms with E-state index >= 15 is 0 Å². The Kier molecular flexibility index (Phi) is 7.64. The third kappa shape index (κ3) is 6.27. The van der Waals surface area contributed by atoms with Crippen LogP contribution in [0.2, 0.25) is 5.02 Å². The van der Waals surface area contributed by atoms with Gasteiger partial charge in [0.1, 0.15) is 5.75 Å². The number of rotatable bonds is 8. The summed E-state index contributed by atoms with van der Waals surface area (Å²) in [4.78, 5) is 26.0. The molecule has 2 aromatic rings. The van der Waals surface area contributed by atoms with Crippen LogP contribution in [0.1, 0.15) is 11.1 Å². The maximum Gasteiger partial charge on any atom is 0.243 e. The van der Waals surface area contributed by atoms with Crippen LogP contribution in [0.4, 0.5) is 5.69 Å². The molecule has 0 aliphatic heterocycles. The van der Waals surface area contributed by atoms with Gasteiger partial charge in [-0.25, -0.2) is 0 Å². The smallest absolute Gasteiger partial charge is 0.243 e. The maximum absolute atomic E-state index is 12.1. The monoisotopic (exact) mass is 389 g/mol. The number of carbonyl (C=O) groups is 2. The Morgan fingerprint density at radius 1 is 1.11 bits per heavy atom. The number of nitrogens with zero attached hydrogens (tertiary/aromatic N) is 1. The number of hydrogen-bond donors (Lipinski definition) is 2. The van der Waals surface area contributed by atoms with Gasteiger partial charge in [0.05, 0.1) is 20.2 Å². The Morgan fingerprint density at radius 3 is 2.59 bits per heavy atom. The lowest BCUT2D eigenvalue weighted by Gasteiger charge is -2.18. The number of likely N-dealkylation sites (N-methyl/N-ethyl adjacent to an activating group) is 1. The summed E-state index contributed by atoms with van der Waals surface area (Å²) in [6.45, 7) is 2.45. The van der Waals surface area contributed by atoms with Crippen molar-refractivity contribution < 1.29 is 14.3 Å². The molecule has 0 fully saturated rings. The van der Waals surface area contributed by atoms with Crippen LogP contribution < -0.4 is 15.4 Å². The number of ether oxygens (including phenoxy) is 1. The fourth-order valence-corrected chi connectivity index (χ4v) is 2.77. The van der Waals surface area contributed by atoms with Crippen molar-refractivity contribution in [2.45, 2.75) is 13.5 Å². The van der Waals surface area contributed by atoms with E-state index in [-0.39, 0.29) is 24.9 Å². The second-order valence-corrected chi connectivity index (χ2v) is 6.63. The number of amides is 2. The van der Waals surface area contributed by atoms with E-state index in [0.29, 0.717) is 17.3 Å². The van der Waals surface area contributed by atoms with Gasteiger partial charge in [-0.1, -0.05) is 35.9 Å². The Morgan fingerprint density at radius 2 is 1.85 bits per heavy atom. The molecule has 0 radical (unpaired) electrons. The summed E-state index contributed by atoms with van der Waals surface area (Å²) < 4.78 is 5.32. The van der Waals surface area contributed by atoms with Gasteiger partial charge < -0.3 is 15.4 Å². The summed E-state index contributed by atoms with van der Waals surface area (Å²) in [7, 11) is 3.45. The molecule has 0 saturated carbocycles. The van der Waals surface area contributed by atoms with Gasteiger partial charge in [0.2, 0.25) is 11.8 Å². The minimum Gasteiger partial charge on any atom is -0.496 e. The van der Waals surface area contributed by atoms with Gasteiger partial charge in [0.15, 0.2) is 0 Å². The topological polar surface area (TPSA) is 70.7 Å². The van der Waals surface area contributed by atoms with Crippen molar-refractivity contribution in [3.63, 3.8) is 0 Å². The number of nitrogens with one attached hydrogen (secondary N) is 2. The maximum atomic E-state index is 12.1. The largest absolute Gasteiger partial charge is 0.496 e. The van der Waals surface area contributed by atoms with E-state index in [1.807, 2.05) is 43.1 Å². The number of benzene rings is 2. The molecule has 0 aliphatic carbocycles. The van der Waals surface area contributed by atoms with E-state index in [1.54, 1.807) is 25.3 Å². The van der Waals surface area contributed by atoms with E-state index in [9.17, 15) is 9.59 Å². The Balaban J connectivity index is 1.79. The van der Waals surface area contributed by atoms with Crippen LogP contribution in [-0.4, -0.2) is 44.0 Å². The fraction of sp³-hybridized carbons (Fsp3) is 0.300. The highest BCUT2D eigenvalue weighted by Crippen LogP contribution is 2.22. The zero-order valence-corrected chi connectivity index (χ0v) is 16.5. The number of halogens is 1. The van der Waals surface area contributed by atoms with Gasteiger partial charge >= 0.3 is 0 Å². The highest BCUT2D eigenvalue weighted by molar-refractivity contribution is 6.31. The van der Waals surface area contributed by atoms with Gasteiger partial charge in [-0.3, -0.25) is 14.5 Å². The predicted molar refractivity (Wildman–Crippen MR) is 107 cm³/mol. The summed E-state index contributed by atoms with van der Waals surface area (Å²) in [6, 6.07) is 12.9. The van der Waals surface area contributed by atoms with Crippen LogP contribution in [0.25, 0.3) is 0 Å². The predicted octanol–water partition coefficient (Wildman–Crippen LogP) is 2.84. The van der Waals surface area contributed by atoms with Crippen LogP contribution in [0.5, 0.6) is 5.75 Å². The highest BCUT2D eigenvalue weighted by atomic mass is 35.5. The van der Waals surface area contributed by atoms with Crippen molar-refractivity contribution in [1.82, 2.24) is 10.2 Å². The fourth-order valence-electron chi connectivity index (χ4n) is 2.60. The second-order valence-electron chi connectivity index (χ2n) is 6.22. The summed E-state index contributed by atoms with van der Waals surface area (Å²) in [5, 5.41) is 5.95. The zero-order chi connectivity index (χ0) is 19.8. The number of methoxy groups -OCH3 is 1. The molecule has 2 aromatic carbocycles. The first kappa shape index (κ1) is 20.7. The molecular weight excluding hydrogens is 366 g/mol. The molecule has 2 amide bonds. The standard InChI is InChI=1S/C20H24ClN3O3/c1-14-16(21)8-6-9-17(14)23-19(25)11-22-20(26)13-24(2)12-15-7-4-5-10-18(15)27-3/h4-10H,11-13H2,1-3H3,(H,22,26)(H,23,25). The van der Waals surface area contributed by atoms with E-state index in [2.05, 4.69) is 10.6 Å². The van der Waals surface area contributed by atoms with Crippen LogP contribution in [-0.2, 0) is 16.1 Å².